The minimum Gasteiger partial charge on any atom is -0.452 e. The molecule has 0 bridgehead atoms. The Morgan fingerprint density at radius 3 is 2.56 bits per heavy atom. The zero-order valence-electron chi connectivity index (χ0n) is 18.4. The molecule has 0 spiro atoms. The summed E-state index contributed by atoms with van der Waals surface area (Å²) < 4.78 is 10.6. The lowest BCUT2D eigenvalue weighted by Crippen LogP contribution is -3.12. The van der Waals surface area contributed by atoms with Crippen LogP contribution in [0.3, 0.4) is 0 Å². The molecule has 1 amide bonds. The molecule has 0 saturated carbocycles. The maximum atomic E-state index is 12.5. The van der Waals surface area contributed by atoms with E-state index in [9.17, 15) is 9.59 Å². The number of hydrogen-bond acceptors (Lipinski definition) is 5. The van der Waals surface area contributed by atoms with E-state index < -0.39 is 5.97 Å². The van der Waals surface area contributed by atoms with E-state index in [4.69, 9.17) is 9.47 Å². The molecule has 4 rings (SSSR count). The number of esters is 1. The first-order valence-electron chi connectivity index (χ1n) is 10.8. The largest absolute Gasteiger partial charge is 0.452 e. The minimum atomic E-state index is -0.558. The fourth-order valence-corrected chi connectivity index (χ4v) is 3.84. The molecule has 1 aliphatic rings. The number of carbonyl (C=O) groups is 2. The van der Waals surface area contributed by atoms with Gasteiger partial charge in [0.2, 0.25) is 0 Å². The van der Waals surface area contributed by atoms with Crippen molar-refractivity contribution in [2.45, 2.75) is 20.4 Å². The Kier molecular flexibility index (Phi) is 6.78. The Morgan fingerprint density at radius 2 is 1.81 bits per heavy atom. The number of carbonyl (C=O) groups excluding carboxylic acids is 2. The molecule has 1 aliphatic heterocycles. The van der Waals surface area contributed by atoms with Crippen LogP contribution in [0.1, 0.15) is 27.2 Å². The first-order chi connectivity index (χ1) is 15.5. The van der Waals surface area contributed by atoms with Crippen LogP contribution in [-0.4, -0.2) is 49.8 Å². The van der Waals surface area contributed by atoms with Gasteiger partial charge in [0.25, 0.3) is 5.91 Å². The zero-order valence-corrected chi connectivity index (χ0v) is 18.4. The van der Waals surface area contributed by atoms with Gasteiger partial charge in [0.15, 0.2) is 6.61 Å². The number of aryl methyl sites for hydroxylation is 2. The van der Waals surface area contributed by atoms with Crippen molar-refractivity contribution in [1.82, 2.24) is 4.98 Å². The Morgan fingerprint density at radius 1 is 1.06 bits per heavy atom. The van der Waals surface area contributed by atoms with Crippen LogP contribution in [-0.2, 0) is 20.8 Å². The summed E-state index contributed by atoms with van der Waals surface area (Å²) in [6, 6.07) is 15.4. The molecule has 0 radical (unpaired) electrons. The molecule has 0 atom stereocenters. The lowest BCUT2D eigenvalue weighted by Gasteiger charge is -2.23. The van der Waals surface area contributed by atoms with E-state index in [-0.39, 0.29) is 12.5 Å². The zero-order chi connectivity index (χ0) is 22.5. The van der Waals surface area contributed by atoms with Crippen molar-refractivity contribution in [3.63, 3.8) is 0 Å². The van der Waals surface area contributed by atoms with E-state index >= 15 is 0 Å². The van der Waals surface area contributed by atoms with Gasteiger partial charge in [-0.05, 0) is 44.2 Å². The number of benzene rings is 2. The fourth-order valence-electron chi connectivity index (χ4n) is 3.84. The highest BCUT2D eigenvalue weighted by Crippen LogP contribution is 2.19. The summed E-state index contributed by atoms with van der Waals surface area (Å²) >= 11 is 0. The van der Waals surface area contributed by atoms with Crippen molar-refractivity contribution in [2.75, 3.05) is 38.2 Å². The second-order valence-electron chi connectivity index (χ2n) is 8.18. The second kappa shape index (κ2) is 9.89. The average molecular weight is 435 g/mol. The Hall–Kier alpha value is -3.29. The maximum absolute atomic E-state index is 12.5. The molecule has 7 heteroatoms. The number of nitrogens with zero attached hydrogens (tertiary/aromatic N) is 1. The van der Waals surface area contributed by atoms with E-state index in [1.807, 2.05) is 49.4 Å². The quantitative estimate of drug-likeness (QED) is 0.581. The van der Waals surface area contributed by atoms with Gasteiger partial charge in [0, 0.05) is 16.6 Å². The van der Waals surface area contributed by atoms with Crippen LogP contribution in [0.25, 0.3) is 10.9 Å². The molecule has 2 N–H and O–H groups in total. The molecule has 0 aliphatic carbocycles. The Balaban J connectivity index is 1.31. The number of aromatic nitrogens is 1. The number of fused-ring (bicyclic) bond motifs is 1. The van der Waals surface area contributed by atoms with Gasteiger partial charge in [-0.25, -0.2) is 4.79 Å². The number of anilines is 1. The maximum Gasteiger partial charge on any atom is 0.340 e. The minimum absolute atomic E-state index is 0.357. The number of rotatable bonds is 6. The highest BCUT2D eigenvalue weighted by molar-refractivity contribution is 5.98. The summed E-state index contributed by atoms with van der Waals surface area (Å²) in [6.07, 6.45) is 0. The third-order valence-corrected chi connectivity index (χ3v) is 5.61. The summed E-state index contributed by atoms with van der Waals surface area (Å²) in [5.74, 6) is -0.940. The molecule has 0 unspecified atom stereocenters. The van der Waals surface area contributed by atoms with Gasteiger partial charge in [-0.2, -0.15) is 0 Å². The highest BCUT2D eigenvalue weighted by Gasteiger charge is 2.16. The standard InChI is InChI=1S/C25H27N3O4/c1-17-3-8-23-20(13-17)14-22(18(2)26-23)25(30)32-16-24(29)27-21-6-4-19(5-7-21)15-28-9-11-31-12-10-28/h3-8,13-14H,9-12,15-16H2,1-2H3,(H,27,29)/p+1. The Bertz CT molecular complexity index is 1120. The number of nitrogens with one attached hydrogen (secondary N) is 2. The molecular weight excluding hydrogens is 406 g/mol. The molecule has 2 aromatic carbocycles. The monoisotopic (exact) mass is 434 g/mol. The molecular formula is C25H28N3O4+. The predicted octanol–water partition coefficient (Wildman–Crippen LogP) is 2.06. The van der Waals surface area contributed by atoms with Gasteiger partial charge in [-0.1, -0.05) is 23.8 Å². The average Bonchev–Trinajstić information content (AvgIpc) is 2.79. The van der Waals surface area contributed by atoms with Crippen LogP contribution in [0.5, 0.6) is 0 Å². The van der Waals surface area contributed by atoms with Crippen molar-refractivity contribution in [3.8, 4) is 0 Å². The molecule has 1 fully saturated rings. The first kappa shape index (κ1) is 21.9. The summed E-state index contributed by atoms with van der Waals surface area (Å²) in [7, 11) is 0. The summed E-state index contributed by atoms with van der Waals surface area (Å²) in [5.41, 5.74) is 4.72. The smallest absolute Gasteiger partial charge is 0.340 e. The van der Waals surface area contributed by atoms with Gasteiger partial charge in [-0.15, -0.1) is 0 Å². The molecule has 1 aromatic heterocycles. The number of hydrogen-bond donors (Lipinski definition) is 2. The Labute approximate surface area is 187 Å². The summed E-state index contributed by atoms with van der Waals surface area (Å²) in [6.45, 7) is 7.95. The van der Waals surface area contributed by atoms with E-state index in [0.717, 1.165) is 49.3 Å². The molecule has 1 saturated heterocycles. The molecule has 166 valence electrons. The normalized spacial score (nSPS) is 14.3. The van der Waals surface area contributed by atoms with Crippen LogP contribution < -0.4 is 10.2 Å². The topological polar surface area (TPSA) is 82.0 Å². The first-order valence-corrected chi connectivity index (χ1v) is 10.8. The van der Waals surface area contributed by atoms with Crippen LogP contribution in [0, 0.1) is 13.8 Å². The molecule has 3 aromatic rings. The molecule has 7 nitrogen and oxygen atoms in total. The van der Waals surface area contributed by atoms with Crippen LogP contribution in [0.2, 0.25) is 0 Å². The van der Waals surface area contributed by atoms with Crippen molar-refractivity contribution in [2.24, 2.45) is 0 Å². The number of morpholine rings is 1. The summed E-state index contributed by atoms with van der Waals surface area (Å²) in [5, 5.41) is 3.64. The number of pyridine rings is 1. The van der Waals surface area contributed by atoms with E-state index in [0.29, 0.717) is 16.9 Å². The molecule has 2 heterocycles. The number of amides is 1. The fraction of sp³-hybridized carbons (Fsp3) is 0.320. The number of ether oxygens (including phenoxy) is 2. The van der Waals surface area contributed by atoms with Crippen molar-refractivity contribution in [3.05, 3.63) is 70.9 Å². The summed E-state index contributed by atoms with van der Waals surface area (Å²) in [4.78, 5) is 30.8. The lowest BCUT2D eigenvalue weighted by atomic mass is 10.1. The van der Waals surface area contributed by atoms with Gasteiger partial charge < -0.3 is 19.7 Å². The van der Waals surface area contributed by atoms with Crippen LogP contribution in [0.4, 0.5) is 5.69 Å². The van der Waals surface area contributed by atoms with E-state index in [1.54, 1.807) is 13.0 Å². The third-order valence-electron chi connectivity index (χ3n) is 5.61. The van der Waals surface area contributed by atoms with Crippen molar-refractivity contribution < 1.29 is 24.0 Å². The van der Waals surface area contributed by atoms with Gasteiger partial charge >= 0.3 is 5.97 Å². The second-order valence-corrected chi connectivity index (χ2v) is 8.18. The van der Waals surface area contributed by atoms with Crippen LogP contribution in [0.15, 0.2) is 48.5 Å². The van der Waals surface area contributed by atoms with Crippen LogP contribution >= 0.6 is 0 Å². The van der Waals surface area contributed by atoms with Gasteiger partial charge in [0.05, 0.1) is 30.0 Å². The van der Waals surface area contributed by atoms with E-state index in [2.05, 4.69) is 10.3 Å². The number of quaternary nitrogens is 1. The van der Waals surface area contributed by atoms with Gasteiger partial charge in [-0.3, -0.25) is 9.78 Å². The lowest BCUT2D eigenvalue weighted by molar-refractivity contribution is -0.921. The SMILES string of the molecule is Cc1ccc2nc(C)c(C(=O)OCC(=O)Nc3ccc(C[NH+]4CCOCC4)cc3)cc2c1. The highest BCUT2D eigenvalue weighted by atomic mass is 16.5. The third kappa shape index (κ3) is 5.49. The van der Waals surface area contributed by atoms with Crippen molar-refractivity contribution in [1.29, 1.82) is 0 Å². The van der Waals surface area contributed by atoms with E-state index in [1.165, 1.54) is 10.5 Å². The molecule has 32 heavy (non-hydrogen) atoms. The van der Waals surface area contributed by atoms with Gasteiger partial charge in [0.1, 0.15) is 19.6 Å². The van der Waals surface area contributed by atoms with Crippen molar-refractivity contribution >= 4 is 28.5 Å². The predicted molar refractivity (Wildman–Crippen MR) is 122 cm³/mol.